The molecule has 1 aliphatic carbocycles. The van der Waals surface area contributed by atoms with E-state index in [1.807, 2.05) is 13.8 Å². The Morgan fingerprint density at radius 1 is 0.943 bits per heavy atom. The van der Waals surface area contributed by atoms with Gasteiger partial charge in [0.05, 0.1) is 37.1 Å². The normalized spacial score (nSPS) is 26.1. The van der Waals surface area contributed by atoms with Gasteiger partial charge in [-0.1, -0.05) is 13.3 Å². The zero-order valence-corrected chi connectivity index (χ0v) is 20.1. The van der Waals surface area contributed by atoms with Crippen molar-refractivity contribution in [2.24, 2.45) is 5.92 Å². The Labute approximate surface area is 202 Å². The van der Waals surface area contributed by atoms with Crippen molar-refractivity contribution >= 4 is 0 Å². The molecule has 0 N–H and O–H groups in total. The number of benzene rings is 1. The Balaban J connectivity index is 1.64. The van der Waals surface area contributed by atoms with Gasteiger partial charge in [-0.05, 0) is 69.9 Å². The van der Waals surface area contributed by atoms with E-state index >= 15 is 0 Å². The number of hydrogen-bond donors (Lipinski definition) is 0. The van der Waals surface area contributed by atoms with Crippen molar-refractivity contribution < 1.29 is 45.3 Å². The lowest BCUT2D eigenvalue weighted by Gasteiger charge is -2.38. The highest BCUT2D eigenvalue weighted by molar-refractivity contribution is 5.41. The Hall–Kier alpha value is -1.52. The van der Waals surface area contributed by atoms with Gasteiger partial charge in [0.25, 0.3) is 0 Å². The molecule has 2 fully saturated rings. The van der Waals surface area contributed by atoms with Crippen LogP contribution in [0.4, 0.5) is 26.3 Å². The highest BCUT2D eigenvalue weighted by atomic mass is 19.4. The average Bonchev–Trinajstić information content (AvgIpc) is 2.80. The third-order valence-corrected chi connectivity index (χ3v) is 6.69. The van der Waals surface area contributed by atoms with Crippen molar-refractivity contribution in [1.82, 2.24) is 0 Å². The molecule has 0 aromatic heterocycles. The second kappa shape index (κ2) is 12.1. The van der Waals surface area contributed by atoms with Crippen LogP contribution in [0.2, 0.25) is 0 Å². The first-order valence-corrected chi connectivity index (χ1v) is 12.4. The molecule has 2 atom stereocenters. The molecule has 0 spiro atoms. The summed E-state index contributed by atoms with van der Waals surface area (Å²) in [5.74, 6) is -2.38. The van der Waals surface area contributed by atoms with E-state index in [0.29, 0.717) is 45.0 Å². The highest BCUT2D eigenvalue weighted by Crippen LogP contribution is 2.45. The molecule has 3 rings (SSSR count). The number of halogens is 6. The minimum absolute atomic E-state index is 0.0133. The Kier molecular flexibility index (Phi) is 9.74. The molecule has 0 bridgehead atoms. The molecule has 1 aromatic carbocycles. The van der Waals surface area contributed by atoms with Crippen LogP contribution < -0.4 is 4.74 Å². The molecular formula is C25H34F6O4. The molecule has 2 unspecified atom stereocenters. The largest absolute Gasteiger partial charge is 0.491 e. The van der Waals surface area contributed by atoms with Gasteiger partial charge in [-0.25, -0.2) is 4.39 Å². The van der Waals surface area contributed by atoms with E-state index in [2.05, 4.69) is 0 Å². The van der Waals surface area contributed by atoms with Crippen LogP contribution in [-0.2, 0) is 26.5 Å². The Bertz CT molecular complexity index is 800. The van der Waals surface area contributed by atoms with Crippen LogP contribution in [0, 0.1) is 11.7 Å². The molecule has 0 radical (unpaired) electrons. The predicted molar refractivity (Wildman–Crippen MR) is 117 cm³/mol. The standard InChI is InChI=1S/C25H34F6O4/c1-3-5-14-33-21-13-11-19(22(23(21)26)24(27,28)29)25(30,31)35-17-8-6-16(7-9-17)20-12-10-18(15-34-20)32-4-2/h11,13,16-18,20H,3-10,12,14-15H2,1-2H3. The summed E-state index contributed by atoms with van der Waals surface area (Å²) in [5, 5.41) is 0. The smallest absolute Gasteiger partial charge is 0.419 e. The zero-order chi connectivity index (χ0) is 25.6. The van der Waals surface area contributed by atoms with E-state index in [0.717, 1.165) is 18.9 Å². The molecule has 1 aliphatic heterocycles. The number of alkyl halides is 5. The van der Waals surface area contributed by atoms with Crippen LogP contribution in [0.5, 0.6) is 5.75 Å². The lowest BCUT2D eigenvalue weighted by molar-refractivity contribution is -0.282. The molecule has 2 aliphatic rings. The molecule has 1 saturated heterocycles. The summed E-state index contributed by atoms with van der Waals surface area (Å²) in [6, 6.07) is 1.35. The van der Waals surface area contributed by atoms with Crippen LogP contribution in [0.1, 0.15) is 76.3 Å². The van der Waals surface area contributed by atoms with Gasteiger partial charge in [-0.15, -0.1) is 0 Å². The van der Waals surface area contributed by atoms with Crippen molar-refractivity contribution in [3.05, 3.63) is 29.1 Å². The highest BCUT2D eigenvalue weighted by Gasteiger charge is 2.48. The van der Waals surface area contributed by atoms with E-state index in [9.17, 15) is 26.3 Å². The van der Waals surface area contributed by atoms with Gasteiger partial charge in [-0.2, -0.15) is 22.0 Å². The van der Waals surface area contributed by atoms with Crippen LogP contribution in [0.25, 0.3) is 0 Å². The van der Waals surface area contributed by atoms with E-state index < -0.39 is 41.1 Å². The van der Waals surface area contributed by atoms with Gasteiger partial charge in [0.1, 0.15) is 5.56 Å². The lowest BCUT2D eigenvalue weighted by atomic mass is 9.81. The summed E-state index contributed by atoms with van der Waals surface area (Å²) in [4.78, 5) is 0. The summed E-state index contributed by atoms with van der Waals surface area (Å²) < 4.78 is 107. The van der Waals surface area contributed by atoms with E-state index in [1.165, 1.54) is 0 Å². The van der Waals surface area contributed by atoms with Crippen LogP contribution in [0.15, 0.2) is 12.1 Å². The van der Waals surface area contributed by atoms with Gasteiger partial charge >= 0.3 is 12.3 Å². The maximum atomic E-state index is 14.9. The van der Waals surface area contributed by atoms with E-state index in [-0.39, 0.29) is 37.6 Å². The zero-order valence-electron chi connectivity index (χ0n) is 20.1. The summed E-state index contributed by atoms with van der Waals surface area (Å²) in [6.45, 7) is 4.85. The molecule has 200 valence electrons. The first-order valence-electron chi connectivity index (χ1n) is 12.4. The maximum Gasteiger partial charge on any atom is 0.419 e. The van der Waals surface area contributed by atoms with Crippen LogP contribution in [0.3, 0.4) is 0 Å². The van der Waals surface area contributed by atoms with Gasteiger partial charge in [-0.3, -0.25) is 0 Å². The maximum absolute atomic E-state index is 14.9. The third-order valence-electron chi connectivity index (χ3n) is 6.69. The number of hydrogen-bond acceptors (Lipinski definition) is 4. The molecule has 4 nitrogen and oxygen atoms in total. The molecular weight excluding hydrogens is 478 g/mol. The van der Waals surface area contributed by atoms with Gasteiger partial charge in [0.15, 0.2) is 11.6 Å². The summed E-state index contributed by atoms with van der Waals surface area (Å²) in [5.41, 5.74) is -3.59. The molecule has 1 heterocycles. The Morgan fingerprint density at radius 2 is 1.63 bits per heavy atom. The topological polar surface area (TPSA) is 36.9 Å². The van der Waals surface area contributed by atoms with Crippen molar-refractivity contribution in [3.63, 3.8) is 0 Å². The summed E-state index contributed by atoms with van der Waals surface area (Å²) in [7, 11) is 0. The van der Waals surface area contributed by atoms with Crippen molar-refractivity contribution in [2.45, 2.75) is 95.8 Å². The van der Waals surface area contributed by atoms with Gasteiger partial charge in [0, 0.05) is 6.61 Å². The van der Waals surface area contributed by atoms with Crippen molar-refractivity contribution in [3.8, 4) is 5.75 Å². The third kappa shape index (κ3) is 7.26. The second-order valence-corrected chi connectivity index (χ2v) is 9.20. The van der Waals surface area contributed by atoms with Gasteiger partial charge in [0.2, 0.25) is 0 Å². The quantitative estimate of drug-likeness (QED) is 0.245. The van der Waals surface area contributed by atoms with Gasteiger partial charge < -0.3 is 18.9 Å². The van der Waals surface area contributed by atoms with Crippen molar-refractivity contribution in [2.75, 3.05) is 19.8 Å². The second-order valence-electron chi connectivity index (χ2n) is 9.20. The fraction of sp³-hybridized carbons (Fsp3) is 0.760. The van der Waals surface area contributed by atoms with E-state index in [4.69, 9.17) is 18.9 Å². The number of ether oxygens (including phenoxy) is 4. The number of rotatable bonds is 10. The SMILES string of the molecule is CCCCOc1ccc(C(F)(F)OC2CCC(C3CCC(OCC)CO3)CC2)c(C(F)(F)F)c1F. The molecule has 0 amide bonds. The minimum atomic E-state index is -5.34. The van der Waals surface area contributed by atoms with E-state index in [1.54, 1.807) is 0 Å². The predicted octanol–water partition coefficient (Wildman–Crippen LogP) is 7.23. The summed E-state index contributed by atoms with van der Waals surface area (Å²) in [6.07, 6.45) is -5.99. The molecule has 10 heteroatoms. The fourth-order valence-corrected chi connectivity index (χ4v) is 4.85. The first-order chi connectivity index (χ1) is 16.6. The van der Waals surface area contributed by atoms with Crippen LogP contribution in [-0.4, -0.2) is 38.1 Å². The molecule has 1 aromatic rings. The molecule has 35 heavy (non-hydrogen) atoms. The number of unbranched alkanes of at least 4 members (excludes halogenated alkanes) is 1. The average molecular weight is 513 g/mol. The monoisotopic (exact) mass is 512 g/mol. The first kappa shape index (κ1) is 28.1. The Morgan fingerprint density at radius 3 is 2.20 bits per heavy atom. The van der Waals surface area contributed by atoms with Crippen LogP contribution >= 0.6 is 0 Å². The lowest BCUT2D eigenvalue weighted by Crippen LogP contribution is -2.39. The molecule has 1 saturated carbocycles. The van der Waals surface area contributed by atoms with Crippen molar-refractivity contribution in [1.29, 1.82) is 0 Å². The summed E-state index contributed by atoms with van der Waals surface area (Å²) >= 11 is 0. The fourth-order valence-electron chi connectivity index (χ4n) is 4.85. The minimum Gasteiger partial charge on any atom is -0.491 e.